The molecule has 102 valence electrons. The summed E-state index contributed by atoms with van der Waals surface area (Å²) < 4.78 is 13.8. The normalized spacial score (nSPS) is 10.8. The highest BCUT2D eigenvalue weighted by molar-refractivity contribution is 9.10. The highest BCUT2D eigenvalue weighted by Crippen LogP contribution is 2.11. The Labute approximate surface area is 118 Å². The highest BCUT2D eigenvalue weighted by atomic mass is 79.9. The van der Waals surface area contributed by atoms with Gasteiger partial charge in [0.1, 0.15) is 13.1 Å². The molecule has 1 aromatic heterocycles. The maximum absolute atomic E-state index is 12.1. The largest absolute Gasteiger partial charge is 0.382 e. The van der Waals surface area contributed by atoms with Crippen LogP contribution in [0.3, 0.4) is 0 Å². The number of aromatic nitrogens is 3. The molecule has 0 radical (unpaired) electrons. The molecule has 19 heavy (non-hydrogen) atoms. The summed E-state index contributed by atoms with van der Waals surface area (Å²) in [5, 5.41) is 4.06. The highest BCUT2D eigenvalue weighted by Gasteiger charge is 2.06. The quantitative estimate of drug-likeness (QED) is 0.753. The minimum Gasteiger partial charge on any atom is -0.382 e. The fraction of sp³-hybridized carbons (Fsp3) is 0.333. The average molecular weight is 328 g/mol. The molecule has 6 nitrogen and oxygen atoms in total. The molecule has 0 aliphatic heterocycles. The fourth-order valence-corrected chi connectivity index (χ4v) is 1.75. The van der Waals surface area contributed by atoms with E-state index in [0.29, 0.717) is 18.9 Å². The van der Waals surface area contributed by atoms with Gasteiger partial charge in [-0.15, -0.1) is 0 Å². The summed E-state index contributed by atoms with van der Waals surface area (Å²) in [6.07, 6.45) is 1.46. The predicted molar refractivity (Wildman–Crippen MR) is 73.4 cm³/mol. The lowest BCUT2D eigenvalue weighted by Gasteiger charge is -2.02. The Bertz CT molecular complexity index is 577. The van der Waals surface area contributed by atoms with Gasteiger partial charge in [0.2, 0.25) is 0 Å². The van der Waals surface area contributed by atoms with Gasteiger partial charge in [-0.1, -0.05) is 15.9 Å². The summed E-state index contributed by atoms with van der Waals surface area (Å²) in [5.74, 6) is 0. The van der Waals surface area contributed by atoms with Gasteiger partial charge in [-0.25, -0.2) is 4.79 Å². The molecule has 1 heterocycles. The first-order valence-electron chi connectivity index (χ1n) is 5.69. The lowest BCUT2D eigenvalue weighted by atomic mass is 10.3. The van der Waals surface area contributed by atoms with Gasteiger partial charge in [-0.2, -0.15) is 9.78 Å². The van der Waals surface area contributed by atoms with E-state index in [9.17, 15) is 4.79 Å². The zero-order chi connectivity index (χ0) is 13.7. The number of halogens is 1. The number of ether oxygens (including phenoxy) is 2. The van der Waals surface area contributed by atoms with Crippen LogP contribution in [0.25, 0.3) is 5.69 Å². The van der Waals surface area contributed by atoms with Gasteiger partial charge in [-0.3, -0.25) is 4.57 Å². The maximum Gasteiger partial charge on any atom is 0.352 e. The van der Waals surface area contributed by atoms with E-state index in [-0.39, 0.29) is 12.4 Å². The topological polar surface area (TPSA) is 58.3 Å². The van der Waals surface area contributed by atoms with Gasteiger partial charge < -0.3 is 9.47 Å². The van der Waals surface area contributed by atoms with E-state index >= 15 is 0 Å². The number of hydrogen-bond donors (Lipinski definition) is 0. The van der Waals surface area contributed by atoms with E-state index in [4.69, 9.17) is 9.47 Å². The molecular weight excluding hydrogens is 314 g/mol. The maximum atomic E-state index is 12.1. The summed E-state index contributed by atoms with van der Waals surface area (Å²) in [4.78, 5) is 12.1. The summed E-state index contributed by atoms with van der Waals surface area (Å²) in [6.45, 7) is 1.10. The van der Waals surface area contributed by atoms with E-state index in [0.717, 1.165) is 4.47 Å². The fourth-order valence-electron chi connectivity index (χ4n) is 1.49. The Kier molecular flexibility index (Phi) is 4.89. The van der Waals surface area contributed by atoms with Gasteiger partial charge in [-0.05, 0) is 24.3 Å². The lowest BCUT2D eigenvalue weighted by molar-refractivity contribution is 0.0326. The first-order chi connectivity index (χ1) is 9.22. The van der Waals surface area contributed by atoms with Crippen LogP contribution in [0, 0.1) is 0 Å². The van der Waals surface area contributed by atoms with Crippen molar-refractivity contribution < 1.29 is 9.47 Å². The molecule has 0 saturated heterocycles. The van der Waals surface area contributed by atoms with E-state index in [1.165, 1.54) is 15.6 Å². The van der Waals surface area contributed by atoms with Gasteiger partial charge in [0.25, 0.3) is 0 Å². The van der Waals surface area contributed by atoms with Gasteiger partial charge >= 0.3 is 5.69 Å². The van der Waals surface area contributed by atoms with Crippen LogP contribution in [-0.2, 0) is 16.2 Å². The van der Waals surface area contributed by atoms with Crippen molar-refractivity contribution in [3.8, 4) is 5.69 Å². The Morgan fingerprint density at radius 1 is 1.26 bits per heavy atom. The molecule has 0 spiro atoms. The standard InChI is InChI=1S/C12H14BrN3O3/c1-18-6-7-19-9-15-8-14-16(12(15)17)11-4-2-10(13)3-5-11/h2-5,8H,6-7,9H2,1H3. The van der Waals surface area contributed by atoms with E-state index in [1.807, 2.05) is 24.3 Å². The summed E-state index contributed by atoms with van der Waals surface area (Å²) >= 11 is 3.35. The van der Waals surface area contributed by atoms with Gasteiger partial charge in [0.15, 0.2) is 0 Å². The van der Waals surface area contributed by atoms with E-state index < -0.39 is 0 Å². The number of rotatable bonds is 6. The molecule has 2 aromatic rings. The van der Waals surface area contributed by atoms with Crippen molar-refractivity contribution in [1.82, 2.24) is 14.3 Å². The van der Waals surface area contributed by atoms with E-state index in [1.54, 1.807) is 7.11 Å². The number of methoxy groups -OCH3 is 1. The van der Waals surface area contributed by atoms with Crippen LogP contribution in [-0.4, -0.2) is 34.7 Å². The molecule has 1 aromatic carbocycles. The third-order valence-electron chi connectivity index (χ3n) is 2.47. The lowest BCUT2D eigenvalue weighted by Crippen LogP contribution is -2.24. The summed E-state index contributed by atoms with van der Waals surface area (Å²) in [5.41, 5.74) is 0.476. The summed E-state index contributed by atoms with van der Waals surface area (Å²) in [7, 11) is 1.60. The third-order valence-corrected chi connectivity index (χ3v) is 3.00. The van der Waals surface area contributed by atoms with Crippen molar-refractivity contribution in [2.45, 2.75) is 6.73 Å². The van der Waals surface area contributed by atoms with Crippen molar-refractivity contribution in [3.63, 3.8) is 0 Å². The van der Waals surface area contributed by atoms with Crippen molar-refractivity contribution in [1.29, 1.82) is 0 Å². The molecule has 0 amide bonds. The number of benzene rings is 1. The van der Waals surface area contributed by atoms with Gasteiger partial charge in [0, 0.05) is 11.6 Å². The van der Waals surface area contributed by atoms with Crippen molar-refractivity contribution in [2.24, 2.45) is 0 Å². The molecule has 0 fully saturated rings. The smallest absolute Gasteiger partial charge is 0.352 e. The second-order valence-corrected chi connectivity index (χ2v) is 4.72. The van der Waals surface area contributed by atoms with Crippen LogP contribution < -0.4 is 5.69 Å². The second kappa shape index (κ2) is 6.65. The van der Waals surface area contributed by atoms with Crippen LogP contribution in [0.1, 0.15) is 0 Å². The molecule has 0 aliphatic carbocycles. The molecule has 0 atom stereocenters. The number of nitrogens with zero attached hydrogens (tertiary/aromatic N) is 3. The Morgan fingerprint density at radius 2 is 2.00 bits per heavy atom. The summed E-state index contributed by atoms with van der Waals surface area (Å²) in [6, 6.07) is 7.34. The van der Waals surface area contributed by atoms with Crippen LogP contribution in [0.5, 0.6) is 0 Å². The zero-order valence-electron chi connectivity index (χ0n) is 10.5. The minimum atomic E-state index is -0.236. The SMILES string of the molecule is COCCOCn1cnn(-c2ccc(Br)cc2)c1=O. The minimum absolute atomic E-state index is 0.165. The van der Waals surface area contributed by atoms with Crippen molar-refractivity contribution in [3.05, 3.63) is 45.5 Å². The average Bonchev–Trinajstić information content (AvgIpc) is 2.77. The molecule has 0 N–H and O–H groups in total. The number of hydrogen-bond acceptors (Lipinski definition) is 4. The zero-order valence-corrected chi connectivity index (χ0v) is 12.0. The molecule has 0 bridgehead atoms. The third kappa shape index (κ3) is 3.52. The second-order valence-electron chi connectivity index (χ2n) is 3.80. The van der Waals surface area contributed by atoms with Crippen LogP contribution in [0.4, 0.5) is 0 Å². The van der Waals surface area contributed by atoms with Crippen molar-refractivity contribution >= 4 is 15.9 Å². The molecule has 0 aliphatic rings. The Hall–Kier alpha value is -1.44. The van der Waals surface area contributed by atoms with E-state index in [2.05, 4.69) is 21.0 Å². The van der Waals surface area contributed by atoms with Crippen LogP contribution in [0.15, 0.2) is 39.9 Å². The first-order valence-corrected chi connectivity index (χ1v) is 6.49. The molecule has 7 heteroatoms. The monoisotopic (exact) mass is 327 g/mol. The first kappa shape index (κ1) is 14.0. The van der Waals surface area contributed by atoms with Crippen LogP contribution >= 0.6 is 15.9 Å². The van der Waals surface area contributed by atoms with Crippen LogP contribution in [0.2, 0.25) is 0 Å². The molecule has 0 unspecified atom stereocenters. The Morgan fingerprint density at radius 3 is 2.68 bits per heavy atom. The molecular formula is C12H14BrN3O3. The molecule has 0 saturated carbocycles. The molecule has 2 rings (SSSR count). The Balaban J connectivity index is 2.10. The predicted octanol–water partition coefficient (Wildman–Crippen LogP) is 1.42. The van der Waals surface area contributed by atoms with Gasteiger partial charge in [0.05, 0.1) is 18.9 Å². The van der Waals surface area contributed by atoms with Crippen molar-refractivity contribution in [2.75, 3.05) is 20.3 Å².